The lowest BCUT2D eigenvalue weighted by atomic mass is 10.2. The molecule has 0 aromatic carbocycles. The van der Waals surface area contributed by atoms with E-state index in [1.54, 1.807) is 6.92 Å². The molecule has 0 spiro atoms. The Balaban J connectivity index is 2.83. The van der Waals surface area contributed by atoms with Crippen LogP contribution >= 0.6 is 0 Å². The normalized spacial score (nSPS) is 10.9. The Morgan fingerprint density at radius 2 is 2.31 bits per heavy atom. The van der Waals surface area contributed by atoms with E-state index in [0.717, 1.165) is 4.52 Å². The monoisotopic (exact) mass is 221 g/mol. The molecule has 0 bridgehead atoms. The van der Waals surface area contributed by atoms with Crippen LogP contribution in [-0.2, 0) is 6.42 Å². The number of nitrogens with one attached hydrogen (secondary N) is 1. The Morgan fingerprint density at radius 3 is 2.88 bits per heavy atom. The summed E-state index contributed by atoms with van der Waals surface area (Å²) in [7, 11) is 0. The van der Waals surface area contributed by atoms with Crippen LogP contribution in [-0.4, -0.2) is 25.7 Å². The number of aromatic carboxylic acids is 1. The molecule has 0 amide bonds. The zero-order chi connectivity index (χ0) is 11.9. The summed E-state index contributed by atoms with van der Waals surface area (Å²) in [5, 5.41) is 11.3. The lowest BCUT2D eigenvalue weighted by molar-refractivity contribution is 0.0690. The molecule has 0 unspecified atom stereocenters. The van der Waals surface area contributed by atoms with Crippen LogP contribution < -0.4 is 5.56 Å². The minimum absolute atomic E-state index is 0.0442. The Kier molecular flexibility index (Phi) is 2.26. The highest BCUT2D eigenvalue weighted by Crippen LogP contribution is 2.06. The zero-order valence-electron chi connectivity index (χ0n) is 8.94. The van der Waals surface area contributed by atoms with Gasteiger partial charge in [-0.2, -0.15) is 0 Å². The second-order valence-electron chi connectivity index (χ2n) is 3.51. The maximum absolute atomic E-state index is 11.8. The van der Waals surface area contributed by atoms with Gasteiger partial charge >= 0.3 is 5.97 Å². The summed E-state index contributed by atoms with van der Waals surface area (Å²) in [5.41, 5.74) is 1.27. The van der Waals surface area contributed by atoms with Gasteiger partial charge in [-0.1, -0.05) is 6.92 Å². The van der Waals surface area contributed by atoms with Crippen molar-refractivity contribution in [2.24, 2.45) is 0 Å². The van der Waals surface area contributed by atoms with Crippen LogP contribution in [0.5, 0.6) is 0 Å². The van der Waals surface area contributed by atoms with Crippen LogP contribution in [0.2, 0.25) is 0 Å². The SMILES string of the molecule is CCc1nc2cc(C(=O)O)[nH]n2c(=O)c1C. The van der Waals surface area contributed by atoms with E-state index in [0.29, 0.717) is 23.3 Å². The Morgan fingerprint density at radius 1 is 1.62 bits per heavy atom. The summed E-state index contributed by atoms with van der Waals surface area (Å²) in [6, 6.07) is 1.35. The first-order valence-electron chi connectivity index (χ1n) is 4.89. The third-order valence-electron chi connectivity index (χ3n) is 2.51. The maximum atomic E-state index is 11.8. The molecule has 2 aromatic heterocycles. The molecule has 6 heteroatoms. The van der Waals surface area contributed by atoms with Gasteiger partial charge in [0.2, 0.25) is 0 Å². The summed E-state index contributed by atoms with van der Waals surface area (Å²) >= 11 is 0. The molecule has 0 aliphatic carbocycles. The number of aromatic amines is 1. The molecule has 2 rings (SSSR count). The molecule has 0 atom stereocenters. The minimum atomic E-state index is -1.11. The van der Waals surface area contributed by atoms with Crippen LogP contribution in [0.25, 0.3) is 5.65 Å². The number of carbonyl (C=O) groups is 1. The quantitative estimate of drug-likeness (QED) is 0.777. The Hall–Kier alpha value is -2.11. The second-order valence-corrected chi connectivity index (χ2v) is 3.51. The van der Waals surface area contributed by atoms with Crippen LogP contribution in [0, 0.1) is 6.92 Å². The molecule has 84 valence electrons. The molecule has 0 saturated carbocycles. The number of nitrogens with zero attached hydrogens (tertiary/aromatic N) is 2. The van der Waals surface area contributed by atoms with Gasteiger partial charge in [0.25, 0.3) is 5.56 Å². The van der Waals surface area contributed by atoms with E-state index in [9.17, 15) is 9.59 Å². The maximum Gasteiger partial charge on any atom is 0.353 e. The first-order valence-corrected chi connectivity index (χ1v) is 4.89. The first kappa shape index (κ1) is 10.4. The smallest absolute Gasteiger partial charge is 0.353 e. The van der Waals surface area contributed by atoms with E-state index in [1.807, 2.05) is 6.92 Å². The van der Waals surface area contributed by atoms with Crippen molar-refractivity contribution in [3.8, 4) is 0 Å². The fraction of sp³-hybridized carbons (Fsp3) is 0.300. The van der Waals surface area contributed by atoms with E-state index in [1.165, 1.54) is 6.07 Å². The van der Waals surface area contributed by atoms with Crippen molar-refractivity contribution in [1.82, 2.24) is 14.6 Å². The van der Waals surface area contributed by atoms with Gasteiger partial charge < -0.3 is 5.11 Å². The van der Waals surface area contributed by atoms with Crippen molar-refractivity contribution in [2.45, 2.75) is 20.3 Å². The van der Waals surface area contributed by atoms with Crippen LogP contribution in [0.4, 0.5) is 0 Å². The summed E-state index contributed by atoms with van der Waals surface area (Å²) < 4.78 is 1.15. The highest BCUT2D eigenvalue weighted by molar-refractivity contribution is 5.86. The predicted molar refractivity (Wildman–Crippen MR) is 56.9 cm³/mol. The molecule has 2 N–H and O–H groups in total. The van der Waals surface area contributed by atoms with Crippen molar-refractivity contribution in [2.75, 3.05) is 0 Å². The first-order chi connectivity index (χ1) is 7.54. The van der Waals surface area contributed by atoms with Gasteiger partial charge in [0.1, 0.15) is 5.69 Å². The largest absolute Gasteiger partial charge is 0.477 e. The fourth-order valence-electron chi connectivity index (χ4n) is 1.61. The third-order valence-corrected chi connectivity index (χ3v) is 2.51. The number of H-pyrrole nitrogens is 1. The van der Waals surface area contributed by atoms with Crippen LogP contribution in [0.3, 0.4) is 0 Å². The molecular weight excluding hydrogens is 210 g/mol. The van der Waals surface area contributed by atoms with Gasteiger partial charge in [-0.05, 0) is 13.3 Å². The zero-order valence-corrected chi connectivity index (χ0v) is 8.94. The number of carboxylic acids is 1. The van der Waals surface area contributed by atoms with Crippen molar-refractivity contribution in [1.29, 1.82) is 0 Å². The third kappa shape index (κ3) is 1.39. The number of carboxylic acid groups (broad SMARTS) is 1. The molecule has 2 heterocycles. The average Bonchev–Trinajstić information content (AvgIpc) is 2.67. The number of aryl methyl sites for hydroxylation is 1. The molecule has 0 aliphatic rings. The number of rotatable bonds is 2. The highest BCUT2D eigenvalue weighted by atomic mass is 16.4. The number of hydrogen-bond donors (Lipinski definition) is 2. The number of fused-ring (bicyclic) bond motifs is 1. The molecule has 6 nitrogen and oxygen atoms in total. The van der Waals surface area contributed by atoms with Crippen molar-refractivity contribution in [3.05, 3.63) is 33.4 Å². The number of hydrogen-bond acceptors (Lipinski definition) is 3. The van der Waals surface area contributed by atoms with E-state index in [2.05, 4.69) is 10.1 Å². The van der Waals surface area contributed by atoms with E-state index in [4.69, 9.17) is 5.11 Å². The van der Waals surface area contributed by atoms with E-state index < -0.39 is 5.97 Å². The van der Waals surface area contributed by atoms with Gasteiger partial charge in [-0.25, -0.2) is 14.3 Å². The lowest BCUT2D eigenvalue weighted by Crippen LogP contribution is -2.20. The molecule has 2 aromatic rings. The van der Waals surface area contributed by atoms with E-state index >= 15 is 0 Å². The summed E-state index contributed by atoms with van der Waals surface area (Å²) in [5.74, 6) is -1.11. The average molecular weight is 221 g/mol. The van der Waals surface area contributed by atoms with Gasteiger partial charge in [-0.15, -0.1) is 0 Å². The second kappa shape index (κ2) is 3.48. The van der Waals surface area contributed by atoms with Crippen molar-refractivity contribution < 1.29 is 9.90 Å². The molecule has 16 heavy (non-hydrogen) atoms. The van der Waals surface area contributed by atoms with Crippen LogP contribution in [0.1, 0.15) is 28.7 Å². The molecule has 0 saturated heterocycles. The van der Waals surface area contributed by atoms with Gasteiger partial charge in [0, 0.05) is 11.6 Å². The van der Waals surface area contributed by atoms with Crippen LogP contribution in [0.15, 0.2) is 10.9 Å². The predicted octanol–water partition coefficient (Wildman–Crippen LogP) is 0.592. The molecule has 0 aliphatic heterocycles. The minimum Gasteiger partial charge on any atom is -0.477 e. The van der Waals surface area contributed by atoms with E-state index in [-0.39, 0.29) is 11.3 Å². The van der Waals surface area contributed by atoms with Gasteiger partial charge in [0.05, 0.1) is 5.69 Å². The summed E-state index contributed by atoms with van der Waals surface area (Å²) in [4.78, 5) is 26.8. The van der Waals surface area contributed by atoms with Crippen molar-refractivity contribution >= 4 is 11.6 Å². The molecule has 0 fully saturated rings. The lowest BCUT2D eigenvalue weighted by Gasteiger charge is -2.01. The summed E-state index contributed by atoms with van der Waals surface area (Å²) in [6.07, 6.45) is 0.644. The van der Waals surface area contributed by atoms with Crippen molar-refractivity contribution in [3.63, 3.8) is 0 Å². The molecular formula is C10H11N3O3. The standard InChI is InChI=1S/C10H11N3O3/c1-3-6-5(2)9(14)13-8(11-6)4-7(12-13)10(15)16/h4,12H,3H2,1-2H3,(H,15,16). The highest BCUT2D eigenvalue weighted by Gasteiger charge is 2.12. The van der Waals surface area contributed by atoms with Gasteiger partial charge in [-0.3, -0.25) is 9.89 Å². The Bertz CT molecular complexity index is 624. The van der Waals surface area contributed by atoms with Gasteiger partial charge in [0.15, 0.2) is 5.65 Å². The Labute approximate surface area is 90.5 Å². The fourth-order valence-corrected chi connectivity index (χ4v) is 1.61. The molecule has 0 radical (unpaired) electrons. The summed E-state index contributed by atoms with van der Waals surface area (Å²) in [6.45, 7) is 3.58. The number of aromatic nitrogens is 3. The topological polar surface area (TPSA) is 87.5 Å².